The molecule has 0 radical (unpaired) electrons. The lowest BCUT2D eigenvalue weighted by Crippen LogP contribution is -2.06. The molecule has 5 heteroatoms. The molecule has 1 aromatic carbocycles. The van der Waals surface area contributed by atoms with Gasteiger partial charge in [0.15, 0.2) is 0 Å². The minimum atomic E-state index is -0.241. The molecule has 1 N–H and O–H groups in total. The molecule has 0 spiro atoms. The fourth-order valence-corrected chi connectivity index (χ4v) is 2.13. The second-order valence-electron chi connectivity index (χ2n) is 3.83. The van der Waals surface area contributed by atoms with Crippen LogP contribution in [-0.4, -0.2) is 9.78 Å². The van der Waals surface area contributed by atoms with Gasteiger partial charge >= 0.3 is 0 Å². The number of nitrogens with zero attached hydrogens (tertiary/aromatic N) is 2. The summed E-state index contributed by atoms with van der Waals surface area (Å²) in [6.45, 7) is 2.54. The number of aromatic nitrogens is 2. The Morgan fingerprint density at radius 1 is 1.47 bits per heavy atom. The van der Waals surface area contributed by atoms with Gasteiger partial charge in [0.2, 0.25) is 0 Å². The van der Waals surface area contributed by atoms with Crippen LogP contribution in [0, 0.1) is 12.7 Å². The molecule has 0 bridgehead atoms. The van der Waals surface area contributed by atoms with E-state index in [-0.39, 0.29) is 5.82 Å². The second-order valence-corrected chi connectivity index (χ2v) is 4.63. The van der Waals surface area contributed by atoms with Crippen molar-refractivity contribution < 1.29 is 4.39 Å². The van der Waals surface area contributed by atoms with E-state index in [0.717, 1.165) is 21.5 Å². The Balaban J connectivity index is 2.12. The standard InChI is InChI=1S/C12H13BrFN3/c1-8-12(13)11(17(2)16-8)7-15-10-5-3-4-9(14)6-10/h3-6,15H,7H2,1-2H3. The van der Waals surface area contributed by atoms with Gasteiger partial charge in [0, 0.05) is 12.7 Å². The number of hydrogen-bond acceptors (Lipinski definition) is 2. The van der Waals surface area contributed by atoms with E-state index in [4.69, 9.17) is 0 Å². The molecule has 0 aliphatic carbocycles. The largest absolute Gasteiger partial charge is 0.379 e. The van der Waals surface area contributed by atoms with Gasteiger partial charge < -0.3 is 5.32 Å². The highest BCUT2D eigenvalue weighted by atomic mass is 79.9. The summed E-state index contributed by atoms with van der Waals surface area (Å²) in [5, 5.41) is 7.46. The summed E-state index contributed by atoms with van der Waals surface area (Å²) in [5.74, 6) is -0.241. The predicted octanol–water partition coefficient (Wildman–Crippen LogP) is 3.24. The van der Waals surface area contributed by atoms with Crippen molar-refractivity contribution in [1.29, 1.82) is 0 Å². The first-order valence-electron chi connectivity index (χ1n) is 5.25. The Hall–Kier alpha value is -1.36. The van der Waals surface area contributed by atoms with E-state index >= 15 is 0 Å². The van der Waals surface area contributed by atoms with Crippen molar-refractivity contribution in [2.45, 2.75) is 13.5 Å². The number of anilines is 1. The van der Waals surface area contributed by atoms with Crippen molar-refractivity contribution in [1.82, 2.24) is 9.78 Å². The summed E-state index contributed by atoms with van der Waals surface area (Å²) in [6.07, 6.45) is 0. The summed E-state index contributed by atoms with van der Waals surface area (Å²) in [7, 11) is 1.89. The quantitative estimate of drug-likeness (QED) is 0.942. The van der Waals surface area contributed by atoms with Crippen LogP contribution in [0.5, 0.6) is 0 Å². The Labute approximate surface area is 108 Å². The lowest BCUT2D eigenvalue weighted by atomic mass is 10.3. The van der Waals surface area contributed by atoms with Crippen LogP contribution in [0.4, 0.5) is 10.1 Å². The fraction of sp³-hybridized carbons (Fsp3) is 0.250. The van der Waals surface area contributed by atoms with E-state index < -0.39 is 0 Å². The number of nitrogens with one attached hydrogen (secondary N) is 1. The fourth-order valence-electron chi connectivity index (χ4n) is 1.66. The van der Waals surface area contributed by atoms with Gasteiger partial charge in [-0.05, 0) is 41.1 Å². The van der Waals surface area contributed by atoms with Crippen LogP contribution >= 0.6 is 15.9 Å². The average molecular weight is 298 g/mol. The third-order valence-electron chi connectivity index (χ3n) is 2.55. The monoisotopic (exact) mass is 297 g/mol. The van der Waals surface area contributed by atoms with Crippen LogP contribution in [0.25, 0.3) is 0 Å². The predicted molar refractivity (Wildman–Crippen MR) is 69.4 cm³/mol. The molecule has 2 aromatic rings. The highest BCUT2D eigenvalue weighted by Crippen LogP contribution is 2.21. The molecular weight excluding hydrogens is 285 g/mol. The summed E-state index contributed by atoms with van der Waals surface area (Å²) in [6, 6.07) is 6.41. The normalized spacial score (nSPS) is 10.6. The summed E-state index contributed by atoms with van der Waals surface area (Å²) >= 11 is 3.49. The Morgan fingerprint density at radius 2 is 2.24 bits per heavy atom. The SMILES string of the molecule is Cc1nn(C)c(CNc2cccc(F)c2)c1Br. The van der Waals surface area contributed by atoms with E-state index in [9.17, 15) is 4.39 Å². The molecule has 0 aliphatic rings. The maximum Gasteiger partial charge on any atom is 0.125 e. The first-order chi connectivity index (χ1) is 8.08. The van der Waals surface area contributed by atoms with Crippen LogP contribution in [0.1, 0.15) is 11.4 Å². The zero-order valence-corrected chi connectivity index (χ0v) is 11.3. The Bertz CT molecular complexity index is 537. The van der Waals surface area contributed by atoms with Gasteiger partial charge in [0.1, 0.15) is 5.82 Å². The van der Waals surface area contributed by atoms with Gasteiger partial charge in [-0.2, -0.15) is 5.10 Å². The van der Waals surface area contributed by atoms with E-state index in [1.165, 1.54) is 12.1 Å². The summed E-state index contributed by atoms with van der Waals surface area (Å²) < 4.78 is 15.8. The maximum absolute atomic E-state index is 13.0. The molecule has 2 rings (SSSR count). The molecular formula is C12H13BrFN3. The van der Waals surface area contributed by atoms with Crippen molar-refractivity contribution >= 4 is 21.6 Å². The van der Waals surface area contributed by atoms with Crippen LogP contribution in [0.3, 0.4) is 0 Å². The van der Waals surface area contributed by atoms with Gasteiger partial charge in [-0.15, -0.1) is 0 Å². The first-order valence-corrected chi connectivity index (χ1v) is 6.04. The van der Waals surface area contributed by atoms with E-state index in [2.05, 4.69) is 26.3 Å². The third-order valence-corrected chi connectivity index (χ3v) is 3.58. The minimum absolute atomic E-state index is 0.241. The highest BCUT2D eigenvalue weighted by Gasteiger charge is 2.09. The van der Waals surface area contributed by atoms with Crippen molar-refractivity contribution in [3.8, 4) is 0 Å². The van der Waals surface area contributed by atoms with Crippen LogP contribution in [0.15, 0.2) is 28.7 Å². The van der Waals surface area contributed by atoms with E-state index in [0.29, 0.717) is 6.54 Å². The number of benzene rings is 1. The topological polar surface area (TPSA) is 29.9 Å². The lowest BCUT2D eigenvalue weighted by molar-refractivity contribution is 0.628. The molecule has 0 saturated heterocycles. The summed E-state index contributed by atoms with van der Waals surface area (Å²) in [5.41, 5.74) is 2.74. The molecule has 0 saturated carbocycles. The van der Waals surface area contributed by atoms with Crippen molar-refractivity contribution in [3.63, 3.8) is 0 Å². The molecule has 90 valence electrons. The molecule has 0 aliphatic heterocycles. The van der Waals surface area contributed by atoms with Crippen molar-refractivity contribution in [2.24, 2.45) is 7.05 Å². The molecule has 0 fully saturated rings. The van der Waals surface area contributed by atoms with Gasteiger partial charge in [0.25, 0.3) is 0 Å². The third kappa shape index (κ3) is 2.66. The molecule has 0 unspecified atom stereocenters. The highest BCUT2D eigenvalue weighted by molar-refractivity contribution is 9.10. The number of hydrogen-bond donors (Lipinski definition) is 1. The van der Waals surface area contributed by atoms with E-state index in [1.54, 1.807) is 6.07 Å². The zero-order valence-electron chi connectivity index (χ0n) is 9.67. The van der Waals surface area contributed by atoms with Crippen molar-refractivity contribution in [2.75, 3.05) is 5.32 Å². The number of halogens is 2. The first kappa shape index (κ1) is 12.1. The minimum Gasteiger partial charge on any atom is -0.379 e. The number of aryl methyl sites for hydroxylation is 2. The Morgan fingerprint density at radius 3 is 2.82 bits per heavy atom. The van der Waals surface area contributed by atoms with Gasteiger partial charge in [0.05, 0.1) is 22.4 Å². The summed E-state index contributed by atoms with van der Waals surface area (Å²) in [4.78, 5) is 0. The molecule has 0 atom stereocenters. The molecule has 3 nitrogen and oxygen atoms in total. The molecule has 17 heavy (non-hydrogen) atoms. The number of rotatable bonds is 3. The molecule has 1 heterocycles. The average Bonchev–Trinajstić information content (AvgIpc) is 2.51. The molecule has 0 amide bonds. The second kappa shape index (κ2) is 4.87. The Kier molecular flexibility index (Phi) is 3.47. The zero-order chi connectivity index (χ0) is 12.4. The van der Waals surface area contributed by atoms with Crippen molar-refractivity contribution in [3.05, 3.63) is 45.9 Å². The van der Waals surface area contributed by atoms with Crippen LogP contribution in [-0.2, 0) is 13.6 Å². The smallest absolute Gasteiger partial charge is 0.125 e. The van der Waals surface area contributed by atoms with Gasteiger partial charge in [-0.1, -0.05) is 6.07 Å². The van der Waals surface area contributed by atoms with Crippen LogP contribution < -0.4 is 5.32 Å². The maximum atomic E-state index is 13.0. The van der Waals surface area contributed by atoms with Gasteiger partial charge in [-0.25, -0.2) is 4.39 Å². The van der Waals surface area contributed by atoms with Gasteiger partial charge in [-0.3, -0.25) is 4.68 Å². The van der Waals surface area contributed by atoms with Crippen LogP contribution in [0.2, 0.25) is 0 Å². The van der Waals surface area contributed by atoms with E-state index in [1.807, 2.05) is 24.7 Å². The molecule has 1 aromatic heterocycles. The lowest BCUT2D eigenvalue weighted by Gasteiger charge is -2.07.